The molecule has 3 heteroatoms. The first kappa shape index (κ1) is 14.6. The number of hydrogen-bond donors (Lipinski definition) is 2. The molecule has 0 aliphatic heterocycles. The number of ether oxygens (including phenoxy) is 1. The van der Waals surface area contributed by atoms with Crippen LogP contribution in [0.25, 0.3) is 6.08 Å². The van der Waals surface area contributed by atoms with E-state index in [0.717, 1.165) is 18.5 Å². The number of rotatable bonds is 6. The van der Waals surface area contributed by atoms with E-state index in [1.54, 1.807) is 19.2 Å². The van der Waals surface area contributed by atoms with Gasteiger partial charge in [-0.05, 0) is 44.5 Å². The summed E-state index contributed by atoms with van der Waals surface area (Å²) < 4.78 is 5.02. The number of hydrogen-bond acceptors (Lipinski definition) is 3. The summed E-state index contributed by atoms with van der Waals surface area (Å²) in [7, 11) is 1.55. The van der Waals surface area contributed by atoms with Crippen molar-refractivity contribution in [1.82, 2.24) is 5.32 Å². The summed E-state index contributed by atoms with van der Waals surface area (Å²) in [5.41, 5.74) is 2.23. The van der Waals surface area contributed by atoms with Gasteiger partial charge < -0.3 is 15.2 Å². The molecule has 3 nitrogen and oxygen atoms in total. The summed E-state index contributed by atoms with van der Waals surface area (Å²) in [6, 6.07) is 5.77. The molecule has 1 aromatic carbocycles. The summed E-state index contributed by atoms with van der Waals surface area (Å²) >= 11 is 0. The molecule has 0 saturated heterocycles. The van der Waals surface area contributed by atoms with Crippen LogP contribution in [0.1, 0.15) is 32.8 Å². The molecule has 0 aliphatic rings. The van der Waals surface area contributed by atoms with Gasteiger partial charge in [-0.1, -0.05) is 24.6 Å². The number of nitrogens with one attached hydrogen (secondary N) is 1. The molecule has 0 amide bonds. The molecule has 1 atom stereocenters. The highest BCUT2D eigenvalue weighted by Gasteiger charge is 2.04. The van der Waals surface area contributed by atoms with Crippen LogP contribution < -0.4 is 10.1 Å². The van der Waals surface area contributed by atoms with Crippen LogP contribution >= 0.6 is 0 Å². The van der Waals surface area contributed by atoms with Crippen molar-refractivity contribution in [3.8, 4) is 11.5 Å². The average Bonchev–Trinajstić information content (AvgIpc) is 2.36. The van der Waals surface area contributed by atoms with Crippen molar-refractivity contribution in [2.45, 2.75) is 33.2 Å². The van der Waals surface area contributed by atoms with Crippen molar-refractivity contribution >= 4 is 6.08 Å². The molecule has 0 spiro atoms. The quantitative estimate of drug-likeness (QED) is 0.813. The molecule has 0 radical (unpaired) electrons. The maximum atomic E-state index is 9.71. The van der Waals surface area contributed by atoms with E-state index < -0.39 is 0 Å². The Morgan fingerprint density at radius 2 is 2.22 bits per heavy atom. The minimum atomic E-state index is 0.174. The second kappa shape index (κ2) is 7.07. The monoisotopic (exact) mass is 249 g/mol. The second-order valence-corrected chi connectivity index (χ2v) is 4.50. The van der Waals surface area contributed by atoms with Gasteiger partial charge >= 0.3 is 0 Å². The van der Waals surface area contributed by atoms with Crippen molar-refractivity contribution in [2.75, 3.05) is 13.7 Å². The molecule has 0 saturated carbocycles. The predicted molar refractivity (Wildman–Crippen MR) is 76.1 cm³/mol. The van der Waals surface area contributed by atoms with E-state index in [1.807, 2.05) is 6.07 Å². The minimum Gasteiger partial charge on any atom is -0.504 e. The van der Waals surface area contributed by atoms with E-state index >= 15 is 0 Å². The van der Waals surface area contributed by atoms with Gasteiger partial charge in [0.2, 0.25) is 0 Å². The van der Waals surface area contributed by atoms with Crippen LogP contribution in [0.15, 0.2) is 23.8 Å². The summed E-state index contributed by atoms with van der Waals surface area (Å²) in [5.74, 6) is 0.676. The van der Waals surface area contributed by atoms with Gasteiger partial charge in [-0.25, -0.2) is 0 Å². The van der Waals surface area contributed by atoms with Gasteiger partial charge in [0, 0.05) is 6.04 Å². The fraction of sp³-hybridized carbons (Fsp3) is 0.467. The first-order chi connectivity index (χ1) is 8.58. The Morgan fingerprint density at radius 1 is 1.50 bits per heavy atom. The topological polar surface area (TPSA) is 41.5 Å². The minimum absolute atomic E-state index is 0.174. The van der Waals surface area contributed by atoms with Crippen LogP contribution in [0.5, 0.6) is 11.5 Å². The Balaban J connectivity index is 2.78. The fourth-order valence-corrected chi connectivity index (χ4v) is 1.71. The first-order valence-corrected chi connectivity index (χ1v) is 6.37. The SMILES string of the molecule is CCCNC(C)/C(C)=C/c1ccc(OC)c(O)c1. The Kier molecular flexibility index (Phi) is 5.72. The smallest absolute Gasteiger partial charge is 0.160 e. The van der Waals surface area contributed by atoms with E-state index in [0.29, 0.717) is 11.8 Å². The molecule has 1 aromatic rings. The van der Waals surface area contributed by atoms with Gasteiger partial charge in [0.1, 0.15) is 0 Å². The summed E-state index contributed by atoms with van der Waals surface area (Å²) in [6.07, 6.45) is 3.20. The highest BCUT2D eigenvalue weighted by Crippen LogP contribution is 2.27. The molecule has 0 aromatic heterocycles. The maximum absolute atomic E-state index is 9.71. The Labute approximate surface area is 109 Å². The van der Waals surface area contributed by atoms with E-state index in [-0.39, 0.29) is 5.75 Å². The lowest BCUT2D eigenvalue weighted by Crippen LogP contribution is -2.27. The molecule has 0 heterocycles. The van der Waals surface area contributed by atoms with Crippen molar-refractivity contribution in [1.29, 1.82) is 0 Å². The Bertz CT molecular complexity index is 413. The van der Waals surface area contributed by atoms with Gasteiger partial charge in [-0.3, -0.25) is 0 Å². The summed E-state index contributed by atoms with van der Waals surface area (Å²) in [5, 5.41) is 13.1. The Hall–Kier alpha value is -1.48. The molecular formula is C15H23NO2. The standard InChI is InChI=1S/C15H23NO2/c1-5-8-16-12(3)11(2)9-13-6-7-15(18-4)14(17)10-13/h6-7,9-10,12,16-17H,5,8H2,1-4H3/b11-9+. The third-order valence-corrected chi connectivity index (χ3v) is 2.98. The normalized spacial score (nSPS) is 13.4. The van der Waals surface area contributed by atoms with Gasteiger partial charge in [-0.15, -0.1) is 0 Å². The number of phenols is 1. The molecule has 2 N–H and O–H groups in total. The number of aromatic hydroxyl groups is 1. The molecule has 1 unspecified atom stereocenters. The highest BCUT2D eigenvalue weighted by molar-refractivity contribution is 5.58. The van der Waals surface area contributed by atoms with Gasteiger partial charge in [0.15, 0.2) is 11.5 Å². The van der Waals surface area contributed by atoms with E-state index in [4.69, 9.17) is 4.74 Å². The van der Waals surface area contributed by atoms with Crippen LogP contribution in [0.4, 0.5) is 0 Å². The van der Waals surface area contributed by atoms with E-state index in [1.165, 1.54) is 5.57 Å². The van der Waals surface area contributed by atoms with Crippen molar-refractivity contribution in [2.24, 2.45) is 0 Å². The number of benzene rings is 1. The van der Waals surface area contributed by atoms with Crippen molar-refractivity contribution in [3.63, 3.8) is 0 Å². The first-order valence-electron chi connectivity index (χ1n) is 6.37. The summed E-state index contributed by atoms with van der Waals surface area (Å²) in [4.78, 5) is 0. The van der Waals surface area contributed by atoms with Crippen LogP contribution in [-0.2, 0) is 0 Å². The zero-order valence-electron chi connectivity index (χ0n) is 11.7. The molecular weight excluding hydrogens is 226 g/mol. The molecule has 100 valence electrons. The third-order valence-electron chi connectivity index (χ3n) is 2.98. The molecule has 0 bridgehead atoms. The van der Waals surface area contributed by atoms with E-state index in [9.17, 15) is 5.11 Å². The zero-order valence-corrected chi connectivity index (χ0v) is 11.7. The van der Waals surface area contributed by atoms with Crippen molar-refractivity contribution < 1.29 is 9.84 Å². The van der Waals surface area contributed by atoms with E-state index in [2.05, 4.69) is 32.2 Å². The number of methoxy groups -OCH3 is 1. The van der Waals surface area contributed by atoms with Crippen LogP contribution in [0, 0.1) is 0 Å². The van der Waals surface area contributed by atoms with Gasteiger partial charge in [0.25, 0.3) is 0 Å². The highest BCUT2D eigenvalue weighted by atomic mass is 16.5. The predicted octanol–water partition coefficient (Wildman–Crippen LogP) is 3.19. The maximum Gasteiger partial charge on any atom is 0.160 e. The molecule has 18 heavy (non-hydrogen) atoms. The van der Waals surface area contributed by atoms with Crippen LogP contribution in [-0.4, -0.2) is 24.8 Å². The van der Waals surface area contributed by atoms with Crippen LogP contribution in [0.3, 0.4) is 0 Å². The lowest BCUT2D eigenvalue weighted by atomic mass is 10.1. The number of phenolic OH excluding ortho intramolecular Hbond substituents is 1. The molecule has 1 rings (SSSR count). The Morgan fingerprint density at radius 3 is 2.78 bits per heavy atom. The third kappa shape index (κ3) is 4.08. The van der Waals surface area contributed by atoms with Crippen LogP contribution in [0.2, 0.25) is 0 Å². The average molecular weight is 249 g/mol. The fourth-order valence-electron chi connectivity index (χ4n) is 1.71. The zero-order chi connectivity index (χ0) is 13.5. The lowest BCUT2D eigenvalue weighted by molar-refractivity contribution is 0.373. The lowest BCUT2D eigenvalue weighted by Gasteiger charge is -2.14. The molecule has 0 fully saturated rings. The second-order valence-electron chi connectivity index (χ2n) is 4.50. The van der Waals surface area contributed by atoms with Gasteiger partial charge in [0.05, 0.1) is 7.11 Å². The largest absolute Gasteiger partial charge is 0.504 e. The summed E-state index contributed by atoms with van der Waals surface area (Å²) in [6.45, 7) is 7.40. The molecule has 0 aliphatic carbocycles. The van der Waals surface area contributed by atoms with Gasteiger partial charge in [-0.2, -0.15) is 0 Å². The van der Waals surface area contributed by atoms with Crippen molar-refractivity contribution in [3.05, 3.63) is 29.3 Å².